The molecule has 1 aromatic heterocycles. The van der Waals surface area contributed by atoms with Crippen LogP contribution in [0.1, 0.15) is 24.1 Å². The predicted molar refractivity (Wildman–Crippen MR) is 85.7 cm³/mol. The van der Waals surface area contributed by atoms with Crippen molar-refractivity contribution in [1.82, 2.24) is 9.88 Å². The van der Waals surface area contributed by atoms with E-state index in [1.54, 1.807) is 12.3 Å². The van der Waals surface area contributed by atoms with E-state index in [4.69, 9.17) is 17.3 Å². The average Bonchev–Trinajstić information content (AvgIpc) is 2.68. The van der Waals surface area contributed by atoms with Crippen molar-refractivity contribution in [3.05, 3.63) is 34.5 Å². The number of carbonyl (C=O) groups is 2. The van der Waals surface area contributed by atoms with Gasteiger partial charge in [-0.1, -0.05) is 30.0 Å². The van der Waals surface area contributed by atoms with E-state index < -0.39 is 5.97 Å². The molecule has 1 fully saturated rings. The number of aromatic nitrogens is 1. The van der Waals surface area contributed by atoms with Gasteiger partial charge in [0.25, 0.3) is 5.91 Å². The topological polar surface area (TPSA) is 70.5 Å². The number of carbonyl (C=O) groups excluding carboxylic acids is 1. The van der Waals surface area contributed by atoms with Crippen LogP contribution in [0.5, 0.6) is 0 Å². The van der Waals surface area contributed by atoms with E-state index in [1.165, 1.54) is 16.7 Å². The molecule has 1 aromatic rings. The van der Waals surface area contributed by atoms with Crippen LogP contribution < -0.4 is 0 Å². The van der Waals surface area contributed by atoms with Gasteiger partial charge in [0.2, 0.25) is 0 Å². The fraction of sp³-hybridized carbons (Fsp3) is 0.286. The third kappa shape index (κ3) is 3.89. The second kappa shape index (κ2) is 6.82. The number of carboxylic acids is 1. The fourth-order valence-corrected chi connectivity index (χ4v) is 3.14. The number of amides is 1. The normalized spacial score (nSPS) is 16.8. The Hall–Kier alpha value is -1.73. The highest BCUT2D eigenvalue weighted by molar-refractivity contribution is 8.26. The van der Waals surface area contributed by atoms with Gasteiger partial charge in [-0.3, -0.25) is 19.5 Å². The Balaban J connectivity index is 2.11. The van der Waals surface area contributed by atoms with Crippen LogP contribution in [0.25, 0.3) is 6.08 Å². The molecule has 1 aliphatic heterocycles. The molecule has 5 nitrogen and oxygen atoms in total. The van der Waals surface area contributed by atoms with Gasteiger partial charge in [0, 0.05) is 19.2 Å². The van der Waals surface area contributed by atoms with Crippen molar-refractivity contribution in [3.8, 4) is 0 Å². The van der Waals surface area contributed by atoms with Crippen molar-refractivity contribution in [2.75, 3.05) is 6.54 Å². The largest absolute Gasteiger partial charge is 0.481 e. The third-order valence-corrected chi connectivity index (χ3v) is 4.34. The Morgan fingerprint density at radius 3 is 3.00 bits per heavy atom. The molecule has 1 amide bonds. The molecule has 7 heteroatoms. The monoisotopic (exact) mass is 322 g/mol. The van der Waals surface area contributed by atoms with Crippen molar-refractivity contribution < 1.29 is 14.7 Å². The summed E-state index contributed by atoms with van der Waals surface area (Å²) in [4.78, 5) is 29.0. The number of rotatable bonds is 5. The van der Waals surface area contributed by atoms with Gasteiger partial charge in [-0.05, 0) is 31.1 Å². The minimum absolute atomic E-state index is 0.0233. The first-order chi connectivity index (χ1) is 9.99. The van der Waals surface area contributed by atoms with E-state index in [0.717, 1.165) is 11.3 Å². The summed E-state index contributed by atoms with van der Waals surface area (Å²) in [7, 11) is 0. The number of hydrogen-bond donors (Lipinski definition) is 1. The highest BCUT2D eigenvalue weighted by atomic mass is 32.2. The zero-order chi connectivity index (χ0) is 15.4. The van der Waals surface area contributed by atoms with Crippen molar-refractivity contribution >= 4 is 46.3 Å². The standard InChI is InChI=1S/C14H14N2O3S2/c1-9-4-2-6-15-10(9)8-11-13(19)16(14(20)21-11)7-3-5-12(17)18/h2,4,6,8H,3,5,7H2,1H3,(H,17,18). The van der Waals surface area contributed by atoms with E-state index >= 15 is 0 Å². The summed E-state index contributed by atoms with van der Waals surface area (Å²) in [5.41, 5.74) is 1.72. The molecule has 0 atom stereocenters. The SMILES string of the molecule is Cc1cccnc1C=C1SC(=S)N(CCCC(=O)O)C1=O. The second-order valence-corrected chi connectivity index (χ2v) is 6.21. The maximum absolute atomic E-state index is 12.3. The predicted octanol–water partition coefficient (Wildman–Crippen LogP) is 2.46. The van der Waals surface area contributed by atoms with Gasteiger partial charge in [-0.2, -0.15) is 0 Å². The number of aryl methyl sites for hydroxylation is 1. The number of thioether (sulfide) groups is 1. The molecule has 0 saturated carbocycles. The van der Waals surface area contributed by atoms with E-state index in [2.05, 4.69) is 4.98 Å². The molecule has 0 bridgehead atoms. The molecular formula is C14H14N2O3S2. The zero-order valence-electron chi connectivity index (χ0n) is 11.4. The van der Waals surface area contributed by atoms with Crippen molar-refractivity contribution in [1.29, 1.82) is 0 Å². The van der Waals surface area contributed by atoms with Crippen molar-refractivity contribution in [2.45, 2.75) is 19.8 Å². The lowest BCUT2D eigenvalue weighted by molar-refractivity contribution is -0.137. The molecule has 0 unspecified atom stereocenters. The van der Waals surface area contributed by atoms with E-state index in [1.807, 2.05) is 19.1 Å². The first kappa shape index (κ1) is 15.7. The van der Waals surface area contributed by atoms with Crippen LogP contribution in [0.15, 0.2) is 23.2 Å². The molecule has 0 spiro atoms. The summed E-state index contributed by atoms with van der Waals surface area (Å²) < 4.78 is 0.463. The second-order valence-electron chi connectivity index (χ2n) is 4.54. The number of aliphatic carboxylic acids is 1. The molecule has 110 valence electrons. The highest BCUT2D eigenvalue weighted by Gasteiger charge is 2.31. The number of pyridine rings is 1. The lowest BCUT2D eigenvalue weighted by atomic mass is 10.2. The fourth-order valence-electron chi connectivity index (χ4n) is 1.85. The van der Waals surface area contributed by atoms with Gasteiger partial charge in [0.1, 0.15) is 4.32 Å². The summed E-state index contributed by atoms with van der Waals surface area (Å²) in [6, 6.07) is 3.76. The van der Waals surface area contributed by atoms with Crippen LogP contribution in [-0.2, 0) is 9.59 Å². The van der Waals surface area contributed by atoms with Gasteiger partial charge in [-0.15, -0.1) is 0 Å². The van der Waals surface area contributed by atoms with E-state index in [-0.39, 0.29) is 12.3 Å². The highest BCUT2D eigenvalue weighted by Crippen LogP contribution is 2.32. The van der Waals surface area contributed by atoms with Gasteiger partial charge in [0.05, 0.1) is 10.6 Å². The van der Waals surface area contributed by atoms with E-state index in [9.17, 15) is 9.59 Å². The van der Waals surface area contributed by atoms with Crippen molar-refractivity contribution in [3.63, 3.8) is 0 Å². The van der Waals surface area contributed by atoms with Crippen LogP contribution in [0.4, 0.5) is 0 Å². The Bertz CT molecular complexity index is 628. The smallest absolute Gasteiger partial charge is 0.303 e. The molecule has 2 heterocycles. The molecule has 1 N–H and O–H groups in total. The third-order valence-electron chi connectivity index (χ3n) is 2.96. The van der Waals surface area contributed by atoms with Gasteiger partial charge in [-0.25, -0.2) is 0 Å². The molecule has 0 radical (unpaired) electrons. The van der Waals surface area contributed by atoms with Gasteiger partial charge >= 0.3 is 5.97 Å². The minimum atomic E-state index is -0.875. The molecule has 21 heavy (non-hydrogen) atoms. The maximum Gasteiger partial charge on any atom is 0.303 e. The number of thiocarbonyl (C=S) groups is 1. The molecule has 1 saturated heterocycles. The molecule has 2 rings (SSSR count). The molecule has 0 aliphatic carbocycles. The Morgan fingerprint density at radius 1 is 1.57 bits per heavy atom. The van der Waals surface area contributed by atoms with E-state index in [0.29, 0.717) is 22.2 Å². The average molecular weight is 322 g/mol. The first-order valence-electron chi connectivity index (χ1n) is 6.38. The number of carboxylic acid groups (broad SMARTS) is 1. The maximum atomic E-state index is 12.3. The van der Waals surface area contributed by atoms with Crippen LogP contribution in [-0.4, -0.2) is 37.7 Å². The Labute approximate surface area is 132 Å². The van der Waals surface area contributed by atoms with Crippen LogP contribution in [0.3, 0.4) is 0 Å². The summed E-state index contributed by atoms with van der Waals surface area (Å²) in [6.45, 7) is 2.25. The molecular weight excluding hydrogens is 308 g/mol. The van der Waals surface area contributed by atoms with Crippen LogP contribution >= 0.6 is 24.0 Å². The van der Waals surface area contributed by atoms with Crippen LogP contribution in [0.2, 0.25) is 0 Å². The number of hydrogen-bond acceptors (Lipinski definition) is 5. The van der Waals surface area contributed by atoms with Crippen molar-refractivity contribution in [2.24, 2.45) is 0 Å². The van der Waals surface area contributed by atoms with Crippen LogP contribution in [0, 0.1) is 6.92 Å². The summed E-state index contributed by atoms with van der Waals surface area (Å²) in [5, 5.41) is 8.64. The lowest BCUT2D eigenvalue weighted by Crippen LogP contribution is -2.29. The lowest BCUT2D eigenvalue weighted by Gasteiger charge is -2.13. The number of nitrogens with zero attached hydrogens (tertiary/aromatic N) is 2. The quantitative estimate of drug-likeness (QED) is 0.663. The zero-order valence-corrected chi connectivity index (χ0v) is 13.0. The van der Waals surface area contributed by atoms with Gasteiger partial charge < -0.3 is 5.11 Å². The summed E-state index contributed by atoms with van der Waals surface area (Å²) in [6.07, 6.45) is 3.81. The van der Waals surface area contributed by atoms with Gasteiger partial charge in [0.15, 0.2) is 0 Å². The molecule has 1 aliphatic rings. The first-order valence-corrected chi connectivity index (χ1v) is 7.60. The summed E-state index contributed by atoms with van der Waals surface area (Å²) >= 11 is 6.41. The summed E-state index contributed by atoms with van der Waals surface area (Å²) in [5.74, 6) is -1.06. The molecule has 0 aromatic carbocycles. The minimum Gasteiger partial charge on any atom is -0.481 e. The Morgan fingerprint density at radius 2 is 2.33 bits per heavy atom. The Kier molecular flexibility index (Phi) is 5.08.